The third-order valence-corrected chi connectivity index (χ3v) is 10.9. The van der Waals surface area contributed by atoms with Crippen LogP contribution in [0, 0.1) is 0 Å². The van der Waals surface area contributed by atoms with Gasteiger partial charge >= 0.3 is 7.60 Å². The number of likely N-dealkylation sites (tertiary alicyclic amines) is 1. The lowest BCUT2D eigenvalue weighted by Gasteiger charge is -2.37. The molecule has 0 spiro atoms. The zero-order valence-corrected chi connectivity index (χ0v) is 28.9. The van der Waals surface area contributed by atoms with E-state index in [0.29, 0.717) is 30.8 Å². The molecule has 5 rings (SSSR count). The van der Waals surface area contributed by atoms with E-state index in [1.165, 1.54) is 11.0 Å². The summed E-state index contributed by atoms with van der Waals surface area (Å²) in [4.78, 5) is 74.0. The number of benzene rings is 4. The van der Waals surface area contributed by atoms with E-state index in [0.717, 1.165) is 28.1 Å². The number of piperidine rings is 1. The third-order valence-electron chi connectivity index (χ3n) is 8.22. The first kappa shape index (κ1) is 36.6. The number of nitrogens with one attached hydrogen (secondary N) is 2. The second-order valence-corrected chi connectivity index (χ2v) is 15.1. The molecule has 1 saturated heterocycles. The van der Waals surface area contributed by atoms with Gasteiger partial charge in [-0.2, -0.15) is 0 Å². The Balaban J connectivity index is 1.31. The number of nitrogens with zero attached hydrogens (tertiary/aromatic N) is 1. The van der Waals surface area contributed by atoms with Crippen molar-refractivity contribution in [1.29, 1.82) is 0 Å². The van der Waals surface area contributed by atoms with E-state index in [1.807, 2.05) is 60.7 Å². The number of hydrogen-bond acceptors (Lipinski definition) is 7. The standard InChI is InChI=1S/C36H39N4O8PS/c37-33(41)30(20-24-16-17-25-9-4-5-10-26(25)19-24)38-35(43)32-15-6-7-18-40(32)36(44)31(22-50-23-49(45,46)47)39-34(42)27-11-8-14-29(21-27)48-28-12-2-1-3-13-28/h1-5,8-14,16-17,19,21,30-32H,6-7,15,18,20,22-23H2,(H2,37,41)(H,38,43)(H,39,42)(H2,45,46,47)/t30-,31-,32-/m0/s1. The number of nitrogens with two attached hydrogens (primary N) is 1. The minimum absolute atomic E-state index is 0.150. The lowest BCUT2D eigenvalue weighted by molar-refractivity contribution is -0.144. The largest absolute Gasteiger partial charge is 0.457 e. The molecule has 50 heavy (non-hydrogen) atoms. The molecular weight excluding hydrogens is 679 g/mol. The molecule has 0 bridgehead atoms. The molecule has 4 aromatic carbocycles. The number of hydrogen-bond donors (Lipinski definition) is 5. The highest BCUT2D eigenvalue weighted by molar-refractivity contribution is 8.04. The molecule has 262 valence electrons. The summed E-state index contributed by atoms with van der Waals surface area (Å²) in [7, 11) is -4.41. The molecular formula is C36H39N4O8PS. The summed E-state index contributed by atoms with van der Waals surface area (Å²) in [5.41, 5.74) is 6.15. The van der Waals surface area contributed by atoms with Crippen LogP contribution < -0.4 is 21.1 Å². The molecule has 4 amide bonds. The Morgan fingerprint density at radius 3 is 2.32 bits per heavy atom. The third kappa shape index (κ3) is 10.2. The van der Waals surface area contributed by atoms with Gasteiger partial charge < -0.3 is 35.8 Å². The van der Waals surface area contributed by atoms with Gasteiger partial charge in [0, 0.05) is 24.3 Å². The molecule has 1 fully saturated rings. The van der Waals surface area contributed by atoms with Gasteiger partial charge in [0.1, 0.15) is 29.6 Å². The van der Waals surface area contributed by atoms with Gasteiger partial charge in [0.2, 0.25) is 17.7 Å². The maximum Gasteiger partial charge on any atom is 0.335 e. The van der Waals surface area contributed by atoms with E-state index in [2.05, 4.69) is 10.6 Å². The SMILES string of the molecule is NC(=O)[C@H](Cc1ccc2ccccc2c1)NC(=O)[C@@H]1CCCCN1C(=O)[C@H](CSCP(=O)(O)O)NC(=O)c1cccc(Oc2ccccc2)c1. The first-order valence-corrected chi connectivity index (χ1v) is 19.1. The summed E-state index contributed by atoms with van der Waals surface area (Å²) < 4.78 is 17.4. The summed E-state index contributed by atoms with van der Waals surface area (Å²) in [5, 5.41) is 7.46. The van der Waals surface area contributed by atoms with Gasteiger partial charge in [0.25, 0.3) is 5.91 Å². The highest BCUT2D eigenvalue weighted by Crippen LogP contribution is 2.39. The Bertz CT molecular complexity index is 1890. The lowest BCUT2D eigenvalue weighted by atomic mass is 9.98. The predicted octanol–water partition coefficient (Wildman–Crippen LogP) is 4.19. The maximum atomic E-state index is 14.1. The number of thioether (sulfide) groups is 1. The predicted molar refractivity (Wildman–Crippen MR) is 192 cm³/mol. The molecule has 6 N–H and O–H groups in total. The summed E-state index contributed by atoms with van der Waals surface area (Å²) in [6.45, 7) is 0.207. The fraction of sp³-hybridized carbons (Fsp3) is 0.278. The number of para-hydroxylation sites is 1. The number of carbonyl (C=O) groups excluding carboxylic acids is 4. The van der Waals surface area contributed by atoms with E-state index >= 15 is 0 Å². The molecule has 4 aromatic rings. The van der Waals surface area contributed by atoms with Gasteiger partial charge in [-0.25, -0.2) is 0 Å². The number of amides is 4. The molecule has 0 unspecified atom stereocenters. The van der Waals surface area contributed by atoms with E-state index < -0.39 is 54.8 Å². The van der Waals surface area contributed by atoms with Crippen LogP contribution in [-0.4, -0.2) is 74.2 Å². The van der Waals surface area contributed by atoms with Crippen molar-refractivity contribution < 1.29 is 38.3 Å². The smallest absolute Gasteiger partial charge is 0.335 e. The first-order valence-electron chi connectivity index (χ1n) is 16.1. The lowest BCUT2D eigenvalue weighted by Crippen LogP contribution is -2.60. The molecule has 0 saturated carbocycles. The van der Waals surface area contributed by atoms with Gasteiger partial charge in [-0.05, 0) is 65.9 Å². The number of ether oxygens (including phenoxy) is 1. The molecule has 0 aliphatic carbocycles. The van der Waals surface area contributed by atoms with Crippen molar-refractivity contribution in [2.24, 2.45) is 5.73 Å². The van der Waals surface area contributed by atoms with Crippen LogP contribution in [0.25, 0.3) is 10.8 Å². The van der Waals surface area contributed by atoms with Crippen LogP contribution in [0.2, 0.25) is 0 Å². The van der Waals surface area contributed by atoms with Crippen molar-refractivity contribution in [2.45, 2.75) is 43.8 Å². The van der Waals surface area contributed by atoms with E-state index in [9.17, 15) is 33.5 Å². The number of fused-ring (bicyclic) bond motifs is 1. The van der Waals surface area contributed by atoms with Crippen LogP contribution in [0.5, 0.6) is 11.5 Å². The molecule has 1 aliphatic rings. The monoisotopic (exact) mass is 718 g/mol. The number of primary amides is 1. The second kappa shape index (κ2) is 16.8. The molecule has 1 heterocycles. The van der Waals surface area contributed by atoms with Gasteiger partial charge in [0.15, 0.2) is 0 Å². The van der Waals surface area contributed by atoms with Crippen LogP contribution in [0.3, 0.4) is 0 Å². The van der Waals surface area contributed by atoms with Crippen LogP contribution in [-0.2, 0) is 25.4 Å². The fourth-order valence-corrected chi connectivity index (χ4v) is 7.63. The van der Waals surface area contributed by atoms with Crippen molar-refractivity contribution in [2.75, 3.05) is 17.8 Å². The quantitative estimate of drug-likeness (QED) is 0.119. The highest BCUT2D eigenvalue weighted by atomic mass is 32.2. The zero-order valence-electron chi connectivity index (χ0n) is 27.1. The normalized spacial score (nSPS) is 15.9. The van der Waals surface area contributed by atoms with Gasteiger partial charge in [-0.1, -0.05) is 66.7 Å². The van der Waals surface area contributed by atoms with Crippen LogP contribution >= 0.6 is 19.4 Å². The molecule has 3 atom stereocenters. The average Bonchev–Trinajstić information content (AvgIpc) is 3.10. The van der Waals surface area contributed by atoms with Crippen molar-refractivity contribution in [3.05, 3.63) is 108 Å². The van der Waals surface area contributed by atoms with E-state index in [1.54, 1.807) is 30.3 Å². The Morgan fingerprint density at radius 2 is 1.58 bits per heavy atom. The summed E-state index contributed by atoms with van der Waals surface area (Å²) in [6, 6.07) is 25.6. The van der Waals surface area contributed by atoms with Crippen molar-refractivity contribution >= 4 is 53.8 Å². The minimum atomic E-state index is -4.41. The van der Waals surface area contributed by atoms with E-state index in [4.69, 9.17) is 10.5 Å². The highest BCUT2D eigenvalue weighted by Gasteiger charge is 2.37. The van der Waals surface area contributed by atoms with Crippen LogP contribution in [0.1, 0.15) is 35.2 Å². The Hall–Kier alpha value is -4.68. The number of carbonyl (C=O) groups is 4. The number of rotatable bonds is 14. The van der Waals surface area contributed by atoms with Gasteiger partial charge in [0.05, 0.1) is 5.49 Å². The van der Waals surface area contributed by atoms with Crippen molar-refractivity contribution in [3.63, 3.8) is 0 Å². The second-order valence-electron chi connectivity index (χ2n) is 12.0. The average molecular weight is 719 g/mol. The first-order chi connectivity index (χ1) is 24.0. The molecule has 1 aliphatic heterocycles. The van der Waals surface area contributed by atoms with Gasteiger partial charge in [-0.3, -0.25) is 23.7 Å². The zero-order chi connectivity index (χ0) is 35.7. The Morgan fingerprint density at radius 1 is 0.860 bits per heavy atom. The van der Waals surface area contributed by atoms with Crippen LogP contribution in [0.15, 0.2) is 97.1 Å². The van der Waals surface area contributed by atoms with Gasteiger partial charge in [-0.15, -0.1) is 11.8 Å². The Labute approximate surface area is 293 Å². The molecule has 12 nitrogen and oxygen atoms in total. The summed E-state index contributed by atoms with van der Waals surface area (Å²) >= 11 is 0.817. The summed E-state index contributed by atoms with van der Waals surface area (Å²) in [5.74, 6) is -1.68. The minimum Gasteiger partial charge on any atom is -0.457 e. The van der Waals surface area contributed by atoms with Crippen LogP contribution in [0.4, 0.5) is 0 Å². The maximum absolute atomic E-state index is 14.1. The molecule has 0 aromatic heterocycles. The molecule has 0 radical (unpaired) electrons. The van der Waals surface area contributed by atoms with Crippen molar-refractivity contribution in [1.82, 2.24) is 15.5 Å². The Kier molecular flexibility index (Phi) is 12.3. The van der Waals surface area contributed by atoms with E-state index in [-0.39, 0.29) is 24.3 Å². The fourth-order valence-electron chi connectivity index (χ4n) is 5.79. The summed E-state index contributed by atoms with van der Waals surface area (Å²) in [6.07, 6.45) is 1.71. The molecule has 14 heteroatoms. The van der Waals surface area contributed by atoms with Crippen molar-refractivity contribution in [3.8, 4) is 11.5 Å². The topological polar surface area (TPSA) is 188 Å².